The molecule has 0 unspecified atom stereocenters. The first kappa shape index (κ1) is 13.7. The van der Waals surface area contributed by atoms with Crippen molar-refractivity contribution in [3.8, 4) is 11.4 Å². The first-order valence-electron chi connectivity index (χ1n) is 7.16. The van der Waals surface area contributed by atoms with Crippen LogP contribution in [0.5, 0.6) is 0 Å². The maximum Gasteiger partial charge on any atom is 0.241 e. The molecule has 1 aliphatic heterocycles. The van der Waals surface area contributed by atoms with E-state index in [4.69, 9.17) is 4.52 Å². The predicted molar refractivity (Wildman–Crippen MR) is 79.6 cm³/mol. The molecule has 108 valence electrons. The molecular weight excluding hydrogens is 272 g/mol. The topological polar surface area (TPSA) is 54.2 Å². The summed E-state index contributed by atoms with van der Waals surface area (Å²) in [5.41, 5.74) is 1.04. The molecule has 2 aromatic heterocycles. The highest BCUT2D eigenvalue weighted by Gasteiger charge is 2.21. The van der Waals surface area contributed by atoms with Crippen molar-refractivity contribution in [1.82, 2.24) is 20.4 Å². The van der Waals surface area contributed by atoms with Crippen LogP contribution in [-0.2, 0) is 6.54 Å². The molecule has 5 nitrogen and oxygen atoms in total. The molecule has 0 radical (unpaired) electrons. The molecule has 1 saturated heterocycles. The maximum atomic E-state index is 5.40. The summed E-state index contributed by atoms with van der Waals surface area (Å²) in [6.07, 6.45) is 2.39. The van der Waals surface area contributed by atoms with Crippen molar-refractivity contribution in [3.63, 3.8) is 0 Å². The van der Waals surface area contributed by atoms with Crippen LogP contribution >= 0.6 is 11.3 Å². The van der Waals surface area contributed by atoms with E-state index in [-0.39, 0.29) is 0 Å². The van der Waals surface area contributed by atoms with E-state index < -0.39 is 0 Å². The number of thiophene rings is 1. The first-order valence-corrected chi connectivity index (χ1v) is 8.11. The molecule has 3 rings (SSSR count). The summed E-state index contributed by atoms with van der Waals surface area (Å²) < 4.78 is 5.40. The van der Waals surface area contributed by atoms with Crippen molar-refractivity contribution in [2.24, 2.45) is 0 Å². The van der Waals surface area contributed by atoms with Gasteiger partial charge in [-0.1, -0.05) is 12.1 Å². The lowest BCUT2D eigenvalue weighted by Crippen LogP contribution is -2.42. The Kier molecular flexibility index (Phi) is 4.44. The molecule has 1 aliphatic rings. The van der Waals surface area contributed by atoms with Gasteiger partial charge < -0.3 is 9.84 Å². The highest BCUT2D eigenvalue weighted by molar-refractivity contribution is 7.08. The summed E-state index contributed by atoms with van der Waals surface area (Å²) in [5, 5.41) is 11.5. The Morgan fingerprint density at radius 3 is 3.00 bits per heavy atom. The Morgan fingerprint density at radius 1 is 1.45 bits per heavy atom. The van der Waals surface area contributed by atoms with Crippen LogP contribution in [0, 0.1) is 0 Å². The van der Waals surface area contributed by atoms with Crippen LogP contribution in [-0.4, -0.2) is 40.7 Å². The second-order valence-electron chi connectivity index (χ2n) is 5.07. The highest BCUT2D eigenvalue weighted by atomic mass is 32.1. The fourth-order valence-electron chi connectivity index (χ4n) is 2.67. The summed E-state index contributed by atoms with van der Waals surface area (Å²) in [4.78, 5) is 6.94. The van der Waals surface area contributed by atoms with Gasteiger partial charge >= 0.3 is 0 Å². The maximum absolute atomic E-state index is 5.40. The third kappa shape index (κ3) is 3.08. The number of aromatic nitrogens is 2. The molecule has 0 aliphatic carbocycles. The molecule has 0 bridgehead atoms. The minimum absolute atomic E-state index is 0.623. The second kappa shape index (κ2) is 6.47. The lowest BCUT2D eigenvalue weighted by Gasteiger charge is -2.32. The van der Waals surface area contributed by atoms with E-state index in [1.165, 1.54) is 12.8 Å². The summed E-state index contributed by atoms with van der Waals surface area (Å²) in [6.45, 7) is 6.16. The van der Waals surface area contributed by atoms with Gasteiger partial charge in [-0.3, -0.25) is 4.90 Å². The smallest absolute Gasteiger partial charge is 0.241 e. The van der Waals surface area contributed by atoms with Gasteiger partial charge in [0.05, 0.1) is 6.54 Å². The third-order valence-electron chi connectivity index (χ3n) is 3.82. The van der Waals surface area contributed by atoms with Gasteiger partial charge in [0.15, 0.2) is 0 Å². The van der Waals surface area contributed by atoms with Gasteiger partial charge in [-0.15, -0.1) is 0 Å². The fraction of sp³-hybridized carbons (Fsp3) is 0.571. The van der Waals surface area contributed by atoms with Crippen LogP contribution in [0.1, 0.15) is 25.7 Å². The third-order valence-corrected chi connectivity index (χ3v) is 4.50. The number of hydrogen-bond acceptors (Lipinski definition) is 6. The zero-order chi connectivity index (χ0) is 13.8. The number of rotatable bonds is 5. The van der Waals surface area contributed by atoms with Crippen molar-refractivity contribution in [3.05, 3.63) is 22.7 Å². The fourth-order valence-corrected chi connectivity index (χ4v) is 3.31. The predicted octanol–water partition coefficient (Wildman–Crippen LogP) is 2.37. The van der Waals surface area contributed by atoms with Gasteiger partial charge in [-0.25, -0.2) is 0 Å². The Hall–Kier alpha value is -1.24. The molecule has 0 spiro atoms. The molecule has 1 N–H and O–H groups in total. The average Bonchev–Trinajstić information content (AvgIpc) is 3.16. The average molecular weight is 292 g/mol. The molecule has 20 heavy (non-hydrogen) atoms. The van der Waals surface area contributed by atoms with Crippen LogP contribution in [0.15, 0.2) is 21.3 Å². The normalized spacial score (nSPS) is 16.9. The van der Waals surface area contributed by atoms with E-state index >= 15 is 0 Å². The van der Waals surface area contributed by atoms with Gasteiger partial charge in [0.1, 0.15) is 0 Å². The number of nitrogens with zero attached hydrogens (tertiary/aromatic N) is 3. The van der Waals surface area contributed by atoms with Gasteiger partial charge in [-0.05, 0) is 43.9 Å². The van der Waals surface area contributed by atoms with Gasteiger partial charge in [0.25, 0.3) is 0 Å². The Balaban J connectivity index is 1.66. The van der Waals surface area contributed by atoms with E-state index in [9.17, 15) is 0 Å². The lowest BCUT2D eigenvalue weighted by atomic mass is 10.0. The van der Waals surface area contributed by atoms with Crippen LogP contribution in [0.3, 0.4) is 0 Å². The second-order valence-corrected chi connectivity index (χ2v) is 5.85. The van der Waals surface area contributed by atoms with Crippen molar-refractivity contribution < 1.29 is 4.52 Å². The Morgan fingerprint density at radius 2 is 2.30 bits per heavy atom. The molecule has 0 saturated carbocycles. The largest absolute Gasteiger partial charge is 0.338 e. The van der Waals surface area contributed by atoms with Crippen molar-refractivity contribution >= 4 is 11.3 Å². The van der Waals surface area contributed by atoms with E-state index in [0.717, 1.165) is 31.7 Å². The van der Waals surface area contributed by atoms with Crippen molar-refractivity contribution in [1.29, 1.82) is 0 Å². The van der Waals surface area contributed by atoms with Crippen LogP contribution in [0.2, 0.25) is 0 Å². The quantitative estimate of drug-likeness (QED) is 0.917. The highest BCUT2D eigenvalue weighted by Crippen LogP contribution is 2.20. The molecule has 3 heterocycles. The molecule has 0 aromatic carbocycles. The standard InChI is InChI=1S/C14H20N4OS/c1-2-18(12-3-6-15-7-4-12)9-13-16-14(17-19-13)11-5-8-20-10-11/h5,8,10,12,15H,2-4,6-7,9H2,1H3. The molecule has 2 aromatic rings. The minimum Gasteiger partial charge on any atom is -0.338 e. The molecule has 1 fully saturated rings. The van der Waals surface area contributed by atoms with Gasteiger partial charge in [0, 0.05) is 17.0 Å². The Labute approximate surface area is 123 Å². The van der Waals surface area contributed by atoms with Crippen molar-refractivity contribution in [2.75, 3.05) is 19.6 Å². The molecule has 0 atom stereocenters. The van der Waals surface area contributed by atoms with Gasteiger partial charge in [0.2, 0.25) is 11.7 Å². The van der Waals surface area contributed by atoms with E-state index in [0.29, 0.717) is 17.8 Å². The summed E-state index contributed by atoms with van der Waals surface area (Å²) in [6, 6.07) is 2.64. The van der Waals surface area contributed by atoms with Crippen LogP contribution < -0.4 is 5.32 Å². The molecule has 0 amide bonds. The zero-order valence-electron chi connectivity index (χ0n) is 11.7. The number of nitrogens with one attached hydrogen (secondary N) is 1. The summed E-state index contributed by atoms with van der Waals surface area (Å²) in [5.74, 6) is 1.41. The monoisotopic (exact) mass is 292 g/mol. The van der Waals surface area contributed by atoms with E-state index in [1.807, 2.05) is 16.8 Å². The molecular formula is C14H20N4OS. The lowest BCUT2D eigenvalue weighted by molar-refractivity contribution is 0.144. The number of piperidine rings is 1. The minimum atomic E-state index is 0.623. The van der Waals surface area contributed by atoms with Crippen molar-refractivity contribution in [2.45, 2.75) is 32.4 Å². The molecule has 6 heteroatoms. The summed E-state index contributed by atoms with van der Waals surface area (Å²) in [7, 11) is 0. The van der Waals surface area contributed by atoms with Gasteiger partial charge in [-0.2, -0.15) is 16.3 Å². The number of hydrogen-bond donors (Lipinski definition) is 1. The Bertz CT molecular complexity index is 519. The van der Waals surface area contributed by atoms with E-state index in [2.05, 4.69) is 27.3 Å². The van der Waals surface area contributed by atoms with Crippen LogP contribution in [0.25, 0.3) is 11.4 Å². The first-order chi connectivity index (χ1) is 9.86. The SMILES string of the molecule is CCN(Cc1nc(-c2ccsc2)no1)C1CCNCC1. The summed E-state index contributed by atoms with van der Waals surface area (Å²) >= 11 is 1.65. The van der Waals surface area contributed by atoms with Crippen LogP contribution in [0.4, 0.5) is 0 Å². The van der Waals surface area contributed by atoms with E-state index in [1.54, 1.807) is 11.3 Å². The zero-order valence-corrected chi connectivity index (χ0v) is 12.5.